The minimum atomic E-state index is -1.08. The van der Waals surface area contributed by atoms with Crippen molar-refractivity contribution in [1.29, 1.82) is 0 Å². The van der Waals surface area contributed by atoms with Crippen LogP contribution >= 0.6 is 0 Å². The molecule has 2 amide bonds. The highest BCUT2D eigenvalue weighted by Crippen LogP contribution is 2.43. The third kappa shape index (κ3) is 5.70. The van der Waals surface area contributed by atoms with E-state index < -0.39 is 17.7 Å². The summed E-state index contributed by atoms with van der Waals surface area (Å²) < 4.78 is 5.25. The van der Waals surface area contributed by atoms with Gasteiger partial charge in [-0.1, -0.05) is 54.6 Å². The number of β-amino-alcohol motifs (C(OH)–C–C–N with tert-alkyl or cyclic N) is 1. The molecule has 2 heterocycles. The zero-order valence-corrected chi connectivity index (χ0v) is 20.7. The molecule has 0 radical (unpaired) electrons. The number of amides is 2. The number of nitrogens with two attached hydrogens (primary N) is 1. The van der Waals surface area contributed by atoms with Crippen LogP contribution in [0.5, 0.6) is 0 Å². The molecule has 2 saturated heterocycles. The standard InChI is InChI=1S/C28H39N3O4/c1-35-17-8-7-15-28(34,24-14-6-5-13-23(24)21-10-3-2-4-11-21)22-12-9-16-30(18-22)27(33)31-19-25(29)26(32)20-31/h2-6,10-11,13-14,22,25-26,32,34H,7-9,12,15-20,29H2,1H3/t22?,25-,26+,28+/m1/s1. The number of piperidine rings is 1. The zero-order valence-electron chi connectivity index (χ0n) is 20.7. The molecule has 4 N–H and O–H groups in total. The zero-order chi connectivity index (χ0) is 24.8. The number of ether oxygens (including phenoxy) is 1. The lowest BCUT2D eigenvalue weighted by atomic mass is 9.72. The molecule has 2 aliphatic rings. The summed E-state index contributed by atoms with van der Waals surface area (Å²) in [4.78, 5) is 16.8. The second-order valence-corrected chi connectivity index (χ2v) is 9.99. The van der Waals surface area contributed by atoms with E-state index in [2.05, 4.69) is 18.2 Å². The Morgan fingerprint density at radius 1 is 1.06 bits per heavy atom. The largest absolute Gasteiger partial charge is 0.390 e. The van der Waals surface area contributed by atoms with Gasteiger partial charge in [0.05, 0.1) is 11.7 Å². The molecule has 7 nitrogen and oxygen atoms in total. The molecule has 0 bridgehead atoms. The van der Waals surface area contributed by atoms with E-state index in [1.807, 2.05) is 41.3 Å². The van der Waals surface area contributed by atoms with Gasteiger partial charge in [0.15, 0.2) is 0 Å². The van der Waals surface area contributed by atoms with Crippen LogP contribution in [-0.2, 0) is 10.3 Å². The molecule has 0 saturated carbocycles. The Balaban J connectivity index is 1.62. The molecule has 2 aromatic rings. The van der Waals surface area contributed by atoms with E-state index >= 15 is 0 Å². The van der Waals surface area contributed by atoms with Crippen LogP contribution in [0.4, 0.5) is 4.79 Å². The van der Waals surface area contributed by atoms with Gasteiger partial charge in [0.1, 0.15) is 0 Å². The highest BCUT2D eigenvalue weighted by Gasteiger charge is 2.43. The first-order chi connectivity index (χ1) is 16.9. The van der Waals surface area contributed by atoms with Crippen molar-refractivity contribution in [3.63, 3.8) is 0 Å². The molecular formula is C28H39N3O4. The van der Waals surface area contributed by atoms with Gasteiger partial charge in [-0.3, -0.25) is 0 Å². The molecule has 4 rings (SSSR count). The summed E-state index contributed by atoms with van der Waals surface area (Å²) >= 11 is 0. The summed E-state index contributed by atoms with van der Waals surface area (Å²) in [7, 11) is 1.70. The van der Waals surface area contributed by atoms with Crippen molar-refractivity contribution in [1.82, 2.24) is 9.80 Å². The predicted molar refractivity (Wildman–Crippen MR) is 137 cm³/mol. The molecule has 190 valence electrons. The van der Waals surface area contributed by atoms with Gasteiger partial charge < -0.3 is 30.5 Å². The highest BCUT2D eigenvalue weighted by molar-refractivity contribution is 5.75. The van der Waals surface area contributed by atoms with E-state index in [1.54, 1.807) is 12.0 Å². The van der Waals surface area contributed by atoms with Crippen LogP contribution in [0.25, 0.3) is 11.1 Å². The quantitative estimate of drug-likeness (QED) is 0.503. The fourth-order valence-electron chi connectivity index (χ4n) is 5.64. The Bertz CT molecular complexity index is 962. The van der Waals surface area contributed by atoms with Crippen LogP contribution in [0.15, 0.2) is 54.6 Å². The minimum Gasteiger partial charge on any atom is -0.390 e. The lowest BCUT2D eigenvalue weighted by Gasteiger charge is -2.44. The van der Waals surface area contributed by atoms with Crippen molar-refractivity contribution in [3.8, 4) is 11.1 Å². The number of carbonyl (C=O) groups is 1. The Kier molecular flexibility index (Phi) is 8.44. The number of hydrogen-bond acceptors (Lipinski definition) is 5. The number of rotatable bonds is 8. The Hall–Kier alpha value is -2.45. The first-order valence-corrected chi connectivity index (χ1v) is 12.8. The molecule has 0 aromatic heterocycles. The van der Waals surface area contributed by atoms with Gasteiger partial charge in [0, 0.05) is 51.9 Å². The lowest BCUT2D eigenvalue weighted by molar-refractivity contribution is -0.0571. The van der Waals surface area contributed by atoms with Crippen LogP contribution in [0.2, 0.25) is 0 Å². The maximum atomic E-state index is 13.3. The number of carbonyl (C=O) groups excluding carboxylic acids is 1. The fraction of sp³-hybridized carbons (Fsp3) is 0.536. The predicted octanol–water partition coefficient (Wildman–Crippen LogP) is 3.19. The minimum absolute atomic E-state index is 0.0974. The first kappa shape index (κ1) is 25.6. The van der Waals surface area contributed by atoms with Gasteiger partial charge in [0.2, 0.25) is 0 Å². The van der Waals surface area contributed by atoms with Gasteiger partial charge in [-0.25, -0.2) is 4.79 Å². The maximum absolute atomic E-state index is 13.3. The van der Waals surface area contributed by atoms with Crippen LogP contribution in [0.1, 0.15) is 37.7 Å². The van der Waals surface area contributed by atoms with Gasteiger partial charge in [-0.15, -0.1) is 0 Å². The summed E-state index contributed by atoms with van der Waals surface area (Å²) in [5.74, 6) is -0.103. The SMILES string of the molecule is COCCCC[C@@](O)(c1ccccc1-c1ccccc1)C1CCCN(C(=O)N2C[C@@H](N)[C@@H](O)C2)C1. The average Bonchev–Trinajstić information content (AvgIpc) is 3.24. The van der Waals surface area contributed by atoms with Crippen LogP contribution in [-0.4, -0.2) is 78.1 Å². The summed E-state index contributed by atoms with van der Waals surface area (Å²) in [6.07, 6.45) is 3.27. The van der Waals surface area contributed by atoms with Crippen molar-refractivity contribution in [2.75, 3.05) is 39.9 Å². The molecule has 0 aliphatic carbocycles. The van der Waals surface area contributed by atoms with Gasteiger partial charge in [-0.05, 0) is 48.8 Å². The number of methoxy groups -OCH3 is 1. The smallest absolute Gasteiger partial charge is 0.320 e. The molecular weight excluding hydrogens is 442 g/mol. The van der Waals surface area contributed by atoms with E-state index in [1.165, 1.54) is 0 Å². The number of hydrogen-bond donors (Lipinski definition) is 3. The first-order valence-electron chi connectivity index (χ1n) is 12.8. The average molecular weight is 482 g/mol. The lowest BCUT2D eigenvalue weighted by Crippen LogP contribution is -2.52. The van der Waals surface area contributed by atoms with Crippen molar-refractivity contribution in [2.24, 2.45) is 11.7 Å². The number of nitrogens with zero attached hydrogens (tertiary/aromatic N) is 2. The molecule has 7 heteroatoms. The van der Waals surface area contributed by atoms with Gasteiger partial charge >= 0.3 is 6.03 Å². The van der Waals surface area contributed by atoms with E-state index in [9.17, 15) is 15.0 Å². The second kappa shape index (κ2) is 11.5. The number of aliphatic hydroxyl groups excluding tert-OH is 1. The summed E-state index contributed by atoms with van der Waals surface area (Å²) in [6.45, 7) is 2.41. The summed E-state index contributed by atoms with van der Waals surface area (Å²) in [5, 5.41) is 22.5. The number of unbranched alkanes of at least 4 members (excludes halogenated alkanes) is 1. The van der Waals surface area contributed by atoms with Crippen molar-refractivity contribution < 1.29 is 19.7 Å². The normalized spacial score (nSPS) is 24.4. The van der Waals surface area contributed by atoms with Gasteiger partial charge in [-0.2, -0.15) is 0 Å². The molecule has 4 atom stereocenters. The Labute approximate surface area is 208 Å². The maximum Gasteiger partial charge on any atom is 0.320 e. The van der Waals surface area contributed by atoms with Crippen molar-refractivity contribution >= 4 is 6.03 Å². The van der Waals surface area contributed by atoms with Gasteiger partial charge in [0.25, 0.3) is 0 Å². The van der Waals surface area contributed by atoms with Crippen molar-refractivity contribution in [3.05, 3.63) is 60.2 Å². The van der Waals surface area contributed by atoms with Crippen LogP contribution < -0.4 is 5.73 Å². The van der Waals surface area contributed by atoms with Crippen molar-refractivity contribution in [2.45, 2.75) is 49.9 Å². The molecule has 2 aromatic carbocycles. The molecule has 35 heavy (non-hydrogen) atoms. The van der Waals surface area contributed by atoms with E-state index in [4.69, 9.17) is 10.5 Å². The highest BCUT2D eigenvalue weighted by atomic mass is 16.5. The topological polar surface area (TPSA) is 99.3 Å². The third-order valence-corrected chi connectivity index (χ3v) is 7.61. The number of urea groups is 1. The molecule has 1 unspecified atom stereocenters. The molecule has 0 spiro atoms. The summed E-state index contributed by atoms with van der Waals surface area (Å²) in [6, 6.07) is 17.8. The third-order valence-electron chi connectivity index (χ3n) is 7.61. The summed E-state index contributed by atoms with van der Waals surface area (Å²) in [5.41, 5.74) is 7.88. The van der Waals surface area contributed by atoms with Crippen LogP contribution in [0.3, 0.4) is 0 Å². The second-order valence-electron chi connectivity index (χ2n) is 9.99. The van der Waals surface area contributed by atoms with E-state index in [-0.39, 0.29) is 18.5 Å². The number of likely N-dealkylation sites (tertiary alicyclic amines) is 2. The monoisotopic (exact) mass is 481 g/mol. The van der Waals surface area contributed by atoms with E-state index in [0.717, 1.165) is 42.4 Å². The number of benzene rings is 2. The Morgan fingerprint density at radius 3 is 2.51 bits per heavy atom. The van der Waals surface area contributed by atoms with E-state index in [0.29, 0.717) is 32.7 Å². The molecule has 2 fully saturated rings. The fourth-order valence-corrected chi connectivity index (χ4v) is 5.64. The number of aliphatic hydroxyl groups is 2. The van der Waals surface area contributed by atoms with Crippen LogP contribution in [0, 0.1) is 5.92 Å². The Morgan fingerprint density at radius 2 is 1.80 bits per heavy atom. The molecule has 2 aliphatic heterocycles.